The maximum absolute atomic E-state index is 13.7. The predicted octanol–water partition coefficient (Wildman–Crippen LogP) is 2.41. The summed E-state index contributed by atoms with van der Waals surface area (Å²) in [7, 11) is -2.84. The van der Waals surface area contributed by atoms with Crippen molar-refractivity contribution < 1.29 is 13.2 Å². The molecule has 1 aromatic heterocycles. The van der Waals surface area contributed by atoms with Crippen molar-refractivity contribution in [3.63, 3.8) is 0 Å². The van der Waals surface area contributed by atoms with Crippen molar-refractivity contribution in [2.75, 3.05) is 0 Å². The topological polar surface area (TPSA) is 30.7 Å². The predicted molar refractivity (Wildman–Crippen MR) is 104 cm³/mol. The first-order chi connectivity index (χ1) is 13.6. The summed E-state index contributed by atoms with van der Waals surface area (Å²) in [5, 5.41) is 6.96. The maximum atomic E-state index is 13.7. The van der Waals surface area contributed by atoms with Crippen molar-refractivity contribution in [2.45, 2.75) is 6.17 Å². The first-order valence-electron chi connectivity index (χ1n) is 8.68. The molecule has 0 aliphatic carbocycles. The third-order valence-corrected chi connectivity index (χ3v) is 9.63. The van der Waals surface area contributed by atoms with Crippen LogP contribution in [0.2, 0.25) is 0 Å². The Labute approximate surface area is 161 Å². The van der Waals surface area contributed by atoms with Gasteiger partial charge in [0.05, 0.1) is 0 Å². The summed E-state index contributed by atoms with van der Waals surface area (Å²) in [6.45, 7) is 0. The van der Waals surface area contributed by atoms with E-state index in [1.165, 1.54) is 42.7 Å². The van der Waals surface area contributed by atoms with Crippen molar-refractivity contribution in [2.24, 2.45) is 0 Å². The Morgan fingerprint density at radius 1 is 0.643 bits per heavy atom. The monoisotopic (exact) mass is 395 g/mol. The van der Waals surface area contributed by atoms with E-state index in [0.717, 1.165) is 15.6 Å². The highest BCUT2D eigenvalue weighted by Gasteiger charge is 2.40. The van der Waals surface area contributed by atoms with E-state index < -0.39 is 8.07 Å². The van der Waals surface area contributed by atoms with Crippen LogP contribution in [0.3, 0.4) is 0 Å². The van der Waals surface area contributed by atoms with Crippen LogP contribution >= 0.6 is 0 Å². The molecule has 0 unspecified atom stereocenters. The third kappa shape index (κ3) is 3.36. The summed E-state index contributed by atoms with van der Waals surface area (Å²) in [6, 6.07) is 18.9. The number of halogens is 3. The number of hydrogen-bond acceptors (Lipinski definition) is 2. The molecule has 0 fully saturated rings. The molecule has 0 aliphatic heterocycles. The second-order valence-corrected chi connectivity index (χ2v) is 10.4. The summed E-state index contributed by atoms with van der Waals surface area (Å²) in [5.74, 6) is -1.03. The molecular formula is C21H16F3N3Si. The quantitative estimate of drug-likeness (QED) is 0.384. The molecule has 3 nitrogen and oxygen atoms in total. The lowest BCUT2D eigenvalue weighted by Crippen LogP contribution is -2.69. The van der Waals surface area contributed by atoms with Crippen molar-refractivity contribution in [3.05, 3.63) is 103 Å². The Hall–Kier alpha value is -3.19. The summed E-state index contributed by atoms with van der Waals surface area (Å²) in [4.78, 5) is 4.02. The molecule has 0 bridgehead atoms. The van der Waals surface area contributed by atoms with E-state index in [4.69, 9.17) is 0 Å². The van der Waals surface area contributed by atoms with E-state index >= 15 is 0 Å². The smallest absolute Gasteiger partial charge is 0.169 e. The SMILES string of the molecule is Fc1ccc([Si](Cn2cncn2)(c2ccc(F)cc2)c2ccc(F)cc2)cc1. The second kappa shape index (κ2) is 7.44. The Kier molecular flexibility index (Phi) is 4.83. The molecule has 28 heavy (non-hydrogen) atoms. The first kappa shape index (κ1) is 18.2. The molecule has 0 radical (unpaired) electrons. The van der Waals surface area contributed by atoms with Crippen LogP contribution in [-0.2, 0) is 6.17 Å². The molecule has 1 heterocycles. The molecular weight excluding hydrogens is 379 g/mol. The maximum Gasteiger partial charge on any atom is 0.169 e. The Balaban J connectivity index is 2.01. The molecule has 7 heteroatoms. The van der Waals surface area contributed by atoms with Gasteiger partial charge in [-0.3, -0.25) is 4.68 Å². The highest BCUT2D eigenvalue weighted by atomic mass is 28.3. The van der Waals surface area contributed by atoms with E-state index in [1.54, 1.807) is 47.4 Å². The molecule has 3 aromatic carbocycles. The zero-order chi connectivity index (χ0) is 19.6. The second-order valence-electron chi connectivity index (χ2n) is 6.52. The molecule has 0 saturated heterocycles. The number of benzene rings is 3. The molecule has 140 valence electrons. The fourth-order valence-corrected chi connectivity index (χ4v) is 7.94. The minimum Gasteiger partial charge on any atom is -0.255 e. The van der Waals surface area contributed by atoms with Gasteiger partial charge in [0.15, 0.2) is 8.07 Å². The van der Waals surface area contributed by atoms with Gasteiger partial charge in [-0.05, 0) is 52.0 Å². The number of hydrogen-bond donors (Lipinski definition) is 0. The lowest BCUT2D eigenvalue weighted by molar-refractivity contribution is 0.628. The van der Waals surface area contributed by atoms with E-state index in [-0.39, 0.29) is 17.5 Å². The molecule has 0 N–H and O–H groups in total. The summed E-state index contributed by atoms with van der Waals surface area (Å²) in [6.07, 6.45) is 3.51. The van der Waals surface area contributed by atoms with E-state index in [9.17, 15) is 13.2 Å². The fourth-order valence-electron chi connectivity index (χ4n) is 3.53. The van der Waals surface area contributed by atoms with Crippen LogP contribution in [0.5, 0.6) is 0 Å². The van der Waals surface area contributed by atoms with Crippen LogP contribution in [0.15, 0.2) is 85.5 Å². The van der Waals surface area contributed by atoms with Crippen molar-refractivity contribution in [1.29, 1.82) is 0 Å². The van der Waals surface area contributed by atoms with Crippen molar-refractivity contribution in [1.82, 2.24) is 14.8 Å². The number of aromatic nitrogens is 3. The first-order valence-corrected chi connectivity index (χ1v) is 10.9. The van der Waals surface area contributed by atoms with E-state index in [1.807, 2.05) is 0 Å². The highest BCUT2D eigenvalue weighted by molar-refractivity contribution is 7.10. The van der Waals surface area contributed by atoms with E-state index in [0.29, 0.717) is 6.17 Å². The minimum atomic E-state index is -2.84. The number of rotatable bonds is 5. The highest BCUT2D eigenvalue weighted by Crippen LogP contribution is 2.12. The van der Waals surface area contributed by atoms with Crippen molar-refractivity contribution in [3.8, 4) is 0 Å². The number of nitrogens with zero attached hydrogens (tertiary/aromatic N) is 3. The molecule has 0 saturated carbocycles. The van der Waals surface area contributed by atoms with Crippen LogP contribution in [0.1, 0.15) is 0 Å². The summed E-state index contributed by atoms with van der Waals surface area (Å²) >= 11 is 0. The van der Waals surface area contributed by atoms with E-state index in [2.05, 4.69) is 10.1 Å². The normalized spacial score (nSPS) is 11.5. The zero-order valence-electron chi connectivity index (χ0n) is 14.8. The summed E-state index contributed by atoms with van der Waals surface area (Å²) < 4.78 is 42.7. The molecule has 4 aromatic rings. The molecule has 4 rings (SSSR count). The van der Waals surface area contributed by atoms with Gasteiger partial charge in [-0.2, -0.15) is 5.10 Å². The van der Waals surface area contributed by atoms with Gasteiger partial charge >= 0.3 is 0 Å². The van der Waals surface area contributed by atoms with Crippen LogP contribution < -0.4 is 15.6 Å². The Morgan fingerprint density at radius 2 is 1.04 bits per heavy atom. The molecule has 0 atom stereocenters. The van der Waals surface area contributed by atoms with Gasteiger partial charge in [-0.15, -0.1) is 0 Å². The molecule has 0 aliphatic rings. The van der Waals surface area contributed by atoms with Gasteiger partial charge in [0.25, 0.3) is 0 Å². The fraction of sp³-hybridized carbons (Fsp3) is 0.0476. The van der Waals surface area contributed by atoms with Crippen LogP contribution in [0, 0.1) is 17.5 Å². The van der Waals surface area contributed by atoms with Gasteiger partial charge in [0, 0.05) is 6.17 Å². The summed E-state index contributed by atoms with van der Waals surface area (Å²) in [5.41, 5.74) is 0. The molecule has 0 amide bonds. The van der Waals surface area contributed by atoms with Crippen LogP contribution in [-0.4, -0.2) is 22.8 Å². The lowest BCUT2D eigenvalue weighted by Gasteiger charge is -2.33. The van der Waals surface area contributed by atoms with Gasteiger partial charge < -0.3 is 0 Å². The zero-order valence-corrected chi connectivity index (χ0v) is 15.8. The van der Waals surface area contributed by atoms with Gasteiger partial charge in [-0.1, -0.05) is 36.4 Å². The standard InChI is InChI=1S/C21H16F3N3Si/c22-16-1-7-19(8-2-16)28(15-27-14-25-13-26-27,20-9-3-17(23)4-10-20)21-11-5-18(24)6-12-21/h1-14H,15H2. The Morgan fingerprint density at radius 3 is 1.36 bits per heavy atom. The average Bonchev–Trinajstić information content (AvgIpc) is 3.21. The Bertz CT molecular complexity index is 937. The minimum absolute atomic E-state index is 0.342. The largest absolute Gasteiger partial charge is 0.255 e. The molecule has 0 spiro atoms. The van der Waals surface area contributed by atoms with Gasteiger partial charge in [0.2, 0.25) is 0 Å². The van der Waals surface area contributed by atoms with Crippen molar-refractivity contribution >= 4 is 23.6 Å². The third-order valence-electron chi connectivity index (χ3n) is 4.88. The van der Waals surface area contributed by atoms with Gasteiger partial charge in [-0.25, -0.2) is 18.2 Å². The van der Waals surface area contributed by atoms with Crippen LogP contribution in [0.25, 0.3) is 0 Å². The van der Waals surface area contributed by atoms with Gasteiger partial charge in [0.1, 0.15) is 30.1 Å². The average molecular weight is 395 g/mol. The van der Waals surface area contributed by atoms with Crippen LogP contribution in [0.4, 0.5) is 13.2 Å². The lowest BCUT2D eigenvalue weighted by atomic mass is 10.3.